The molecular weight excluding hydrogens is 182 g/mol. The average molecular weight is 199 g/mol. The number of hydrogen-bond acceptors (Lipinski definition) is 2. The zero-order valence-corrected chi connectivity index (χ0v) is 9.33. The first kappa shape index (κ1) is 12.4. The molecular formula is C10H17NOS. The van der Waals surface area contributed by atoms with Crippen LogP contribution < -0.4 is 5.32 Å². The lowest BCUT2D eigenvalue weighted by Crippen LogP contribution is -2.27. The molecule has 13 heavy (non-hydrogen) atoms. The Hall–Kier alpha value is -0.620. The Morgan fingerprint density at radius 2 is 2.15 bits per heavy atom. The van der Waals surface area contributed by atoms with E-state index < -0.39 is 0 Å². The van der Waals surface area contributed by atoms with Gasteiger partial charge in [0.2, 0.25) is 5.91 Å². The third-order valence-corrected chi connectivity index (χ3v) is 2.50. The average Bonchev–Trinajstić information content (AvgIpc) is 2.00. The summed E-state index contributed by atoms with van der Waals surface area (Å²) in [7, 11) is 0. The summed E-state index contributed by atoms with van der Waals surface area (Å²) in [4.78, 5) is 11.2. The van der Waals surface area contributed by atoms with Gasteiger partial charge in [0.25, 0.3) is 0 Å². The van der Waals surface area contributed by atoms with E-state index in [1.807, 2.05) is 0 Å². The first-order chi connectivity index (χ1) is 5.95. The van der Waals surface area contributed by atoms with E-state index >= 15 is 0 Å². The monoisotopic (exact) mass is 199 g/mol. The number of terminal acetylenes is 1. The molecule has 1 N–H and O–H groups in total. The van der Waals surface area contributed by atoms with E-state index in [-0.39, 0.29) is 10.7 Å². The Bertz CT molecular complexity index is 200. The minimum absolute atomic E-state index is 0.0650. The highest BCUT2D eigenvalue weighted by Gasteiger charge is 2.12. The van der Waals surface area contributed by atoms with Crippen molar-refractivity contribution in [3.05, 3.63) is 0 Å². The normalized spacial score (nSPS) is 10.6. The van der Waals surface area contributed by atoms with Gasteiger partial charge in [0.15, 0.2) is 0 Å². The standard InChI is InChI=1S/C10H17NOS/c1-5-6-7-11-9(12)8-13-10(2,3)4/h1H,6-8H2,2-4H3,(H,11,12). The number of carbonyl (C=O) groups excluding carboxylic acids is 1. The summed E-state index contributed by atoms with van der Waals surface area (Å²) in [6, 6.07) is 0. The van der Waals surface area contributed by atoms with Crippen LogP contribution in [-0.4, -0.2) is 23.0 Å². The smallest absolute Gasteiger partial charge is 0.230 e. The number of hydrogen-bond donors (Lipinski definition) is 1. The molecule has 0 rings (SSSR count). The molecule has 0 saturated heterocycles. The summed E-state index contributed by atoms with van der Waals surface area (Å²) in [6.07, 6.45) is 5.65. The van der Waals surface area contributed by atoms with Crippen molar-refractivity contribution >= 4 is 17.7 Å². The molecule has 0 aliphatic carbocycles. The lowest BCUT2D eigenvalue weighted by molar-refractivity contribution is -0.118. The second-order valence-corrected chi connectivity index (χ2v) is 5.51. The Labute approximate surface area is 84.9 Å². The molecule has 0 heterocycles. The van der Waals surface area contributed by atoms with E-state index in [0.29, 0.717) is 18.7 Å². The zero-order chi connectivity index (χ0) is 10.3. The van der Waals surface area contributed by atoms with E-state index in [9.17, 15) is 4.79 Å². The van der Waals surface area contributed by atoms with Crippen LogP contribution in [0.2, 0.25) is 0 Å². The molecule has 0 aliphatic rings. The molecule has 0 aromatic rings. The van der Waals surface area contributed by atoms with Gasteiger partial charge in [-0.3, -0.25) is 4.79 Å². The first-order valence-corrected chi connectivity index (χ1v) is 5.28. The van der Waals surface area contributed by atoms with Gasteiger partial charge in [-0.1, -0.05) is 20.8 Å². The maximum atomic E-state index is 11.2. The number of amides is 1. The molecule has 0 fully saturated rings. The lowest BCUT2D eigenvalue weighted by atomic mass is 10.3. The SMILES string of the molecule is C#CCCNC(=O)CSC(C)(C)C. The van der Waals surface area contributed by atoms with Crippen molar-refractivity contribution in [3.63, 3.8) is 0 Å². The van der Waals surface area contributed by atoms with E-state index in [1.165, 1.54) is 0 Å². The molecule has 1 amide bonds. The van der Waals surface area contributed by atoms with Gasteiger partial charge in [-0.25, -0.2) is 0 Å². The molecule has 2 nitrogen and oxygen atoms in total. The van der Waals surface area contributed by atoms with Crippen molar-refractivity contribution in [2.75, 3.05) is 12.3 Å². The van der Waals surface area contributed by atoms with Gasteiger partial charge in [-0.05, 0) is 0 Å². The number of rotatable bonds is 4. The summed E-state index contributed by atoms with van der Waals surface area (Å²) in [5.41, 5.74) is 0. The van der Waals surface area contributed by atoms with Crippen LogP contribution in [0.3, 0.4) is 0 Å². The van der Waals surface area contributed by atoms with Crippen LogP contribution in [0.5, 0.6) is 0 Å². The summed E-state index contributed by atoms with van der Waals surface area (Å²) < 4.78 is 0.142. The summed E-state index contributed by atoms with van der Waals surface area (Å²) in [5, 5.41) is 2.75. The van der Waals surface area contributed by atoms with E-state index in [4.69, 9.17) is 6.42 Å². The molecule has 0 saturated carbocycles. The Morgan fingerprint density at radius 3 is 2.62 bits per heavy atom. The van der Waals surface area contributed by atoms with Gasteiger partial charge >= 0.3 is 0 Å². The van der Waals surface area contributed by atoms with Crippen molar-refractivity contribution < 1.29 is 4.79 Å². The molecule has 0 spiro atoms. The number of thioether (sulfide) groups is 1. The number of carbonyl (C=O) groups is 1. The van der Waals surface area contributed by atoms with Crippen LogP contribution >= 0.6 is 11.8 Å². The van der Waals surface area contributed by atoms with Gasteiger partial charge in [-0.2, -0.15) is 0 Å². The molecule has 0 bridgehead atoms. The highest BCUT2D eigenvalue weighted by Crippen LogP contribution is 2.22. The summed E-state index contributed by atoms with van der Waals surface area (Å²) in [5.74, 6) is 3.05. The second-order valence-electron chi connectivity index (χ2n) is 3.71. The number of nitrogens with one attached hydrogen (secondary N) is 1. The predicted octanol–water partition coefficient (Wildman–Crippen LogP) is 1.66. The third kappa shape index (κ3) is 9.29. The van der Waals surface area contributed by atoms with E-state index in [2.05, 4.69) is 32.0 Å². The lowest BCUT2D eigenvalue weighted by Gasteiger charge is -2.16. The molecule has 0 aromatic carbocycles. The molecule has 0 radical (unpaired) electrons. The van der Waals surface area contributed by atoms with E-state index in [1.54, 1.807) is 11.8 Å². The highest BCUT2D eigenvalue weighted by atomic mass is 32.2. The van der Waals surface area contributed by atoms with Crippen LogP contribution in [-0.2, 0) is 4.79 Å². The van der Waals surface area contributed by atoms with Gasteiger partial charge in [0, 0.05) is 17.7 Å². The maximum absolute atomic E-state index is 11.2. The van der Waals surface area contributed by atoms with Crippen molar-refractivity contribution in [1.82, 2.24) is 5.32 Å². The quantitative estimate of drug-likeness (QED) is 0.551. The molecule has 0 unspecified atom stereocenters. The second kappa shape index (κ2) is 5.93. The molecule has 0 aromatic heterocycles. The van der Waals surface area contributed by atoms with E-state index in [0.717, 1.165) is 0 Å². The van der Waals surface area contributed by atoms with Crippen LogP contribution in [0, 0.1) is 12.3 Å². The molecule has 3 heteroatoms. The highest BCUT2D eigenvalue weighted by molar-refractivity contribution is 8.01. The molecule has 74 valence electrons. The zero-order valence-electron chi connectivity index (χ0n) is 8.52. The summed E-state index contributed by atoms with van der Waals surface area (Å²) >= 11 is 1.64. The first-order valence-electron chi connectivity index (χ1n) is 4.30. The third-order valence-electron chi connectivity index (χ3n) is 1.23. The minimum Gasteiger partial charge on any atom is -0.354 e. The fourth-order valence-electron chi connectivity index (χ4n) is 0.607. The largest absolute Gasteiger partial charge is 0.354 e. The van der Waals surface area contributed by atoms with Gasteiger partial charge in [-0.15, -0.1) is 24.1 Å². The van der Waals surface area contributed by atoms with Gasteiger partial charge in [0.1, 0.15) is 0 Å². The fraction of sp³-hybridized carbons (Fsp3) is 0.700. The molecule has 0 aliphatic heterocycles. The summed E-state index contributed by atoms with van der Waals surface area (Å²) in [6.45, 7) is 6.85. The topological polar surface area (TPSA) is 29.1 Å². The maximum Gasteiger partial charge on any atom is 0.230 e. The Balaban J connectivity index is 3.48. The van der Waals surface area contributed by atoms with Crippen LogP contribution in [0.15, 0.2) is 0 Å². The van der Waals surface area contributed by atoms with Gasteiger partial charge < -0.3 is 5.32 Å². The Kier molecular flexibility index (Phi) is 5.65. The van der Waals surface area contributed by atoms with Gasteiger partial charge in [0.05, 0.1) is 5.75 Å². The molecule has 0 atom stereocenters. The van der Waals surface area contributed by atoms with Crippen LogP contribution in [0.4, 0.5) is 0 Å². The van der Waals surface area contributed by atoms with Crippen LogP contribution in [0.25, 0.3) is 0 Å². The predicted molar refractivity (Wildman–Crippen MR) is 58.7 cm³/mol. The Morgan fingerprint density at radius 1 is 1.54 bits per heavy atom. The van der Waals surface area contributed by atoms with Crippen LogP contribution in [0.1, 0.15) is 27.2 Å². The van der Waals surface area contributed by atoms with Crippen molar-refractivity contribution in [2.24, 2.45) is 0 Å². The van der Waals surface area contributed by atoms with Crippen molar-refractivity contribution in [2.45, 2.75) is 31.9 Å². The van der Waals surface area contributed by atoms with Crippen molar-refractivity contribution in [3.8, 4) is 12.3 Å². The fourth-order valence-corrected chi connectivity index (χ4v) is 1.27. The minimum atomic E-state index is 0.0650. The van der Waals surface area contributed by atoms with Crippen molar-refractivity contribution in [1.29, 1.82) is 0 Å².